The smallest absolute Gasteiger partial charge is 0.319 e. The topological polar surface area (TPSA) is 41.1 Å². The maximum Gasteiger partial charge on any atom is 0.319 e. The molecule has 1 aromatic carbocycles. The Labute approximate surface area is 135 Å². The molecule has 0 spiro atoms. The normalized spacial score (nSPS) is 12.1. The predicted octanol–water partition coefficient (Wildman–Crippen LogP) is 5.20. The molecular weight excluding hydrogens is 272 g/mol. The van der Waals surface area contributed by atoms with Crippen LogP contribution in [0, 0.1) is 0 Å². The Kier molecular flexibility index (Phi) is 6.04. The molecule has 2 amide bonds. The Hall–Kier alpha value is -1.51. The molecule has 0 aromatic heterocycles. The molecular formula is C19H32N2O. The van der Waals surface area contributed by atoms with Gasteiger partial charge in [0.15, 0.2) is 0 Å². The first-order valence-corrected chi connectivity index (χ1v) is 8.25. The summed E-state index contributed by atoms with van der Waals surface area (Å²) in [5.41, 5.74) is 3.45. The lowest BCUT2D eigenvalue weighted by molar-refractivity contribution is 0.252. The van der Waals surface area contributed by atoms with E-state index in [1.54, 1.807) is 0 Å². The zero-order chi connectivity index (χ0) is 17.0. The fourth-order valence-corrected chi connectivity index (χ4v) is 2.12. The van der Waals surface area contributed by atoms with Gasteiger partial charge < -0.3 is 10.6 Å². The number of nitrogens with one attached hydrogen (secondary N) is 2. The molecule has 22 heavy (non-hydrogen) atoms. The third kappa shape index (κ3) is 5.70. The van der Waals surface area contributed by atoms with Gasteiger partial charge in [0.25, 0.3) is 0 Å². The molecule has 0 fully saturated rings. The molecule has 3 nitrogen and oxygen atoms in total. The molecule has 0 saturated heterocycles. The van der Waals surface area contributed by atoms with Gasteiger partial charge in [0.05, 0.1) is 0 Å². The van der Waals surface area contributed by atoms with Crippen molar-refractivity contribution >= 4 is 11.7 Å². The number of urea groups is 1. The second kappa shape index (κ2) is 7.17. The zero-order valence-electron chi connectivity index (χ0n) is 15.3. The number of hydrogen-bond acceptors (Lipinski definition) is 1. The van der Waals surface area contributed by atoms with E-state index in [9.17, 15) is 4.79 Å². The third-order valence-corrected chi connectivity index (χ3v) is 3.74. The molecule has 0 aliphatic heterocycles. The number of hydrogen-bond donors (Lipinski definition) is 2. The quantitative estimate of drug-likeness (QED) is 0.737. The highest BCUT2D eigenvalue weighted by Gasteiger charge is 2.20. The molecule has 0 radical (unpaired) electrons. The minimum absolute atomic E-state index is 0.0520. The lowest BCUT2D eigenvalue weighted by atomic mass is 9.80. The Morgan fingerprint density at radius 1 is 0.955 bits per heavy atom. The summed E-state index contributed by atoms with van der Waals surface area (Å²) in [5, 5.41) is 5.87. The van der Waals surface area contributed by atoms with Crippen LogP contribution in [0.2, 0.25) is 0 Å². The number of anilines is 1. The van der Waals surface area contributed by atoms with E-state index in [4.69, 9.17) is 0 Å². The van der Waals surface area contributed by atoms with Gasteiger partial charge in [-0.25, -0.2) is 4.79 Å². The molecule has 0 heterocycles. The lowest BCUT2D eigenvalue weighted by Crippen LogP contribution is -2.30. The van der Waals surface area contributed by atoms with Crippen molar-refractivity contribution in [3.63, 3.8) is 0 Å². The van der Waals surface area contributed by atoms with Crippen LogP contribution in [0.25, 0.3) is 0 Å². The lowest BCUT2D eigenvalue weighted by Gasteiger charge is -2.26. The fraction of sp³-hybridized carbons (Fsp3) is 0.632. The first kappa shape index (κ1) is 18.5. The van der Waals surface area contributed by atoms with Crippen LogP contribution in [0.4, 0.5) is 10.5 Å². The largest absolute Gasteiger partial charge is 0.338 e. The van der Waals surface area contributed by atoms with Crippen molar-refractivity contribution in [2.75, 3.05) is 11.9 Å². The second-order valence-corrected chi connectivity index (χ2v) is 8.03. The summed E-state index contributed by atoms with van der Waals surface area (Å²) < 4.78 is 0. The summed E-state index contributed by atoms with van der Waals surface area (Å²) in [6, 6.07) is 6.28. The fourth-order valence-electron chi connectivity index (χ4n) is 2.12. The van der Waals surface area contributed by atoms with E-state index in [0.29, 0.717) is 6.54 Å². The second-order valence-electron chi connectivity index (χ2n) is 8.03. The summed E-state index contributed by atoms with van der Waals surface area (Å²) in [4.78, 5) is 12.0. The van der Waals surface area contributed by atoms with Gasteiger partial charge >= 0.3 is 6.03 Å². The van der Waals surface area contributed by atoms with E-state index < -0.39 is 0 Å². The number of amides is 2. The summed E-state index contributed by atoms with van der Waals surface area (Å²) in [5.74, 6) is 0. The number of carbonyl (C=O) groups is 1. The molecule has 1 rings (SSSR count). The van der Waals surface area contributed by atoms with Gasteiger partial charge in [-0.15, -0.1) is 0 Å². The molecule has 2 N–H and O–H groups in total. The van der Waals surface area contributed by atoms with Crippen molar-refractivity contribution in [1.82, 2.24) is 5.32 Å². The van der Waals surface area contributed by atoms with Crippen molar-refractivity contribution < 1.29 is 4.79 Å². The van der Waals surface area contributed by atoms with Gasteiger partial charge in [0.2, 0.25) is 0 Å². The van der Waals surface area contributed by atoms with Crippen molar-refractivity contribution in [3.8, 4) is 0 Å². The minimum atomic E-state index is -0.126. The van der Waals surface area contributed by atoms with Crippen LogP contribution in [0.5, 0.6) is 0 Å². The monoisotopic (exact) mass is 304 g/mol. The highest BCUT2D eigenvalue weighted by atomic mass is 16.2. The molecule has 0 unspecified atom stereocenters. The summed E-state index contributed by atoms with van der Waals surface area (Å²) in [6.45, 7) is 16.0. The highest BCUT2D eigenvalue weighted by molar-refractivity contribution is 5.89. The van der Waals surface area contributed by atoms with Crippen LogP contribution in [-0.4, -0.2) is 12.6 Å². The number of unbranched alkanes of at least 4 members (excludes halogenated alkanes) is 1. The van der Waals surface area contributed by atoms with Crippen molar-refractivity contribution in [1.29, 1.82) is 0 Å². The Bertz CT molecular complexity index is 475. The van der Waals surface area contributed by atoms with E-state index in [0.717, 1.165) is 18.5 Å². The van der Waals surface area contributed by atoms with E-state index in [-0.39, 0.29) is 16.9 Å². The van der Waals surface area contributed by atoms with Crippen LogP contribution in [-0.2, 0) is 10.8 Å². The van der Waals surface area contributed by atoms with E-state index in [1.807, 2.05) is 0 Å². The number of benzene rings is 1. The van der Waals surface area contributed by atoms with Gasteiger partial charge in [-0.2, -0.15) is 0 Å². The summed E-state index contributed by atoms with van der Waals surface area (Å²) in [7, 11) is 0. The molecule has 1 aromatic rings. The van der Waals surface area contributed by atoms with Crippen LogP contribution in [0.3, 0.4) is 0 Å². The van der Waals surface area contributed by atoms with Gasteiger partial charge in [-0.05, 0) is 40.5 Å². The number of rotatable bonds is 4. The Balaban J connectivity index is 3.01. The van der Waals surface area contributed by atoms with Crippen molar-refractivity contribution in [3.05, 3.63) is 29.3 Å². The van der Waals surface area contributed by atoms with Crippen LogP contribution in [0.15, 0.2) is 18.2 Å². The van der Waals surface area contributed by atoms with Crippen LogP contribution >= 0.6 is 0 Å². The van der Waals surface area contributed by atoms with E-state index in [1.165, 1.54) is 11.1 Å². The van der Waals surface area contributed by atoms with E-state index >= 15 is 0 Å². The van der Waals surface area contributed by atoms with E-state index in [2.05, 4.69) is 77.3 Å². The van der Waals surface area contributed by atoms with Crippen molar-refractivity contribution in [2.24, 2.45) is 0 Å². The summed E-state index contributed by atoms with van der Waals surface area (Å²) in [6.07, 6.45) is 2.08. The number of carbonyl (C=O) groups excluding carboxylic acids is 1. The molecule has 0 saturated carbocycles. The maximum absolute atomic E-state index is 12.0. The maximum atomic E-state index is 12.0. The Morgan fingerprint density at radius 3 is 1.86 bits per heavy atom. The van der Waals surface area contributed by atoms with Crippen LogP contribution < -0.4 is 10.6 Å². The standard InChI is InChI=1S/C19H32N2O/c1-8-9-10-20-17(22)21-16-12-14(18(2,3)4)11-15(13-16)19(5,6)7/h11-13H,8-10H2,1-7H3,(H2,20,21,22). The minimum Gasteiger partial charge on any atom is -0.338 e. The molecule has 0 atom stereocenters. The predicted molar refractivity (Wildman–Crippen MR) is 95.8 cm³/mol. The van der Waals surface area contributed by atoms with Gasteiger partial charge in [0, 0.05) is 12.2 Å². The van der Waals surface area contributed by atoms with Crippen molar-refractivity contribution in [2.45, 2.75) is 72.1 Å². The average molecular weight is 304 g/mol. The zero-order valence-corrected chi connectivity index (χ0v) is 15.3. The van der Waals surface area contributed by atoms with Crippen LogP contribution in [0.1, 0.15) is 72.4 Å². The molecule has 124 valence electrons. The van der Waals surface area contributed by atoms with Gasteiger partial charge in [0.1, 0.15) is 0 Å². The Morgan fingerprint density at radius 2 is 1.45 bits per heavy atom. The summed E-state index contributed by atoms with van der Waals surface area (Å²) >= 11 is 0. The molecule has 0 aliphatic rings. The molecule has 0 bridgehead atoms. The third-order valence-electron chi connectivity index (χ3n) is 3.74. The van der Waals surface area contributed by atoms with Gasteiger partial charge in [-0.3, -0.25) is 0 Å². The first-order chi connectivity index (χ1) is 10.0. The SMILES string of the molecule is CCCCNC(=O)Nc1cc(C(C)(C)C)cc(C(C)(C)C)c1. The molecule has 3 heteroatoms. The average Bonchev–Trinajstić information content (AvgIpc) is 2.36. The van der Waals surface area contributed by atoms with Gasteiger partial charge in [-0.1, -0.05) is 61.0 Å². The molecule has 0 aliphatic carbocycles. The highest BCUT2D eigenvalue weighted by Crippen LogP contribution is 2.31. The first-order valence-electron chi connectivity index (χ1n) is 8.25.